The van der Waals surface area contributed by atoms with E-state index in [2.05, 4.69) is 10.3 Å². The Labute approximate surface area is 205 Å². The minimum Gasteiger partial charge on any atom is -0.452 e. The van der Waals surface area contributed by atoms with E-state index in [1.54, 1.807) is 50.2 Å². The summed E-state index contributed by atoms with van der Waals surface area (Å²) >= 11 is 0. The molecule has 1 amide bonds. The van der Waals surface area contributed by atoms with Crippen LogP contribution in [-0.4, -0.2) is 49.3 Å². The average molecular weight is 496 g/mol. The fourth-order valence-electron chi connectivity index (χ4n) is 4.26. The van der Waals surface area contributed by atoms with Crippen LogP contribution in [0, 0.1) is 13.8 Å². The summed E-state index contributed by atoms with van der Waals surface area (Å²) in [7, 11) is -3.67. The molecule has 0 unspecified atom stereocenters. The highest BCUT2D eigenvalue weighted by Crippen LogP contribution is 2.26. The first-order chi connectivity index (χ1) is 16.8. The number of fused-ring (bicyclic) bond motifs is 1. The van der Waals surface area contributed by atoms with E-state index in [0.29, 0.717) is 46.5 Å². The molecule has 1 N–H and O–H groups in total. The molecular formula is C26H29N3O5S. The van der Waals surface area contributed by atoms with Crippen molar-refractivity contribution in [2.75, 3.05) is 25.0 Å². The highest BCUT2D eigenvalue weighted by molar-refractivity contribution is 7.89. The van der Waals surface area contributed by atoms with Crippen LogP contribution in [0.25, 0.3) is 10.9 Å². The van der Waals surface area contributed by atoms with Crippen LogP contribution in [0.2, 0.25) is 0 Å². The fraction of sp³-hybridized carbons (Fsp3) is 0.346. The van der Waals surface area contributed by atoms with Crippen LogP contribution >= 0.6 is 0 Å². The van der Waals surface area contributed by atoms with Crippen molar-refractivity contribution in [3.8, 4) is 0 Å². The normalized spacial score (nSPS) is 14.9. The van der Waals surface area contributed by atoms with Gasteiger partial charge in [-0.2, -0.15) is 4.31 Å². The number of esters is 1. The predicted octanol–water partition coefficient (Wildman–Crippen LogP) is 4.21. The standard InChI is InChI=1S/C26H29N3O5S/c1-18-11-12-20(16-24(18)35(32,33)29-13-7-3-4-8-14-29)28-25(30)17-34-26(31)22-15-19(2)27-23-10-6-5-9-21(22)23/h5-6,9-12,15-16H,3-4,7-8,13-14,17H2,1-2H3,(H,28,30). The number of nitrogens with one attached hydrogen (secondary N) is 1. The Bertz CT molecular complexity index is 1360. The molecule has 1 saturated heterocycles. The van der Waals surface area contributed by atoms with Crippen LogP contribution in [0.3, 0.4) is 0 Å². The second-order valence-electron chi connectivity index (χ2n) is 8.75. The molecule has 3 aromatic rings. The number of aromatic nitrogens is 1. The molecule has 8 nitrogen and oxygen atoms in total. The lowest BCUT2D eigenvalue weighted by Gasteiger charge is -2.21. The fourth-order valence-corrected chi connectivity index (χ4v) is 6.03. The number of anilines is 1. The second kappa shape index (κ2) is 10.5. The Morgan fingerprint density at radius 1 is 1.00 bits per heavy atom. The van der Waals surface area contributed by atoms with Crippen LogP contribution in [0.15, 0.2) is 53.4 Å². The van der Waals surface area contributed by atoms with Gasteiger partial charge >= 0.3 is 5.97 Å². The number of carbonyl (C=O) groups excluding carboxylic acids is 2. The minimum absolute atomic E-state index is 0.174. The van der Waals surface area contributed by atoms with Gasteiger partial charge in [0.25, 0.3) is 5.91 Å². The van der Waals surface area contributed by atoms with Crippen LogP contribution in [0.1, 0.15) is 47.3 Å². The number of para-hydroxylation sites is 1. The molecule has 0 aliphatic carbocycles. The largest absolute Gasteiger partial charge is 0.452 e. The SMILES string of the molecule is Cc1cc(C(=O)OCC(=O)Nc2ccc(C)c(S(=O)(=O)N3CCCCCC3)c2)c2ccccc2n1. The lowest BCUT2D eigenvalue weighted by Crippen LogP contribution is -2.32. The number of hydrogen-bond donors (Lipinski definition) is 1. The van der Waals surface area contributed by atoms with Crippen LogP contribution in [-0.2, 0) is 19.6 Å². The number of rotatable bonds is 6. The van der Waals surface area contributed by atoms with Gasteiger partial charge in [0, 0.05) is 29.9 Å². The van der Waals surface area contributed by atoms with Crippen molar-refractivity contribution in [2.45, 2.75) is 44.4 Å². The molecule has 0 spiro atoms. The smallest absolute Gasteiger partial charge is 0.339 e. The summed E-state index contributed by atoms with van der Waals surface area (Å²) in [6.45, 7) is 4.01. The summed E-state index contributed by atoms with van der Waals surface area (Å²) in [6.07, 6.45) is 3.72. The van der Waals surface area contributed by atoms with Gasteiger partial charge in [-0.3, -0.25) is 9.78 Å². The van der Waals surface area contributed by atoms with E-state index in [9.17, 15) is 18.0 Å². The Morgan fingerprint density at radius 3 is 2.46 bits per heavy atom. The summed E-state index contributed by atoms with van der Waals surface area (Å²) in [5, 5.41) is 3.28. The zero-order valence-electron chi connectivity index (χ0n) is 19.9. The molecule has 1 aliphatic rings. The first-order valence-corrected chi connectivity index (χ1v) is 13.1. The summed E-state index contributed by atoms with van der Waals surface area (Å²) < 4.78 is 33.3. The van der Waals surface area contributed by atoms with E-state index in [1.165, 1.54) is 10.4 Å². The zero-order valence-corrected chi connectivity index (χ0v) is 20.7. The first-order valence-electron chi connectivity index (χ1n) is 11.7. The van der Waals surface area contributed by atoms with Gasteiger partial charge in [-0.15, -0.1) is 0 Å². The van der Waals surface area contributed by atoms with E-state index >= 15 is 0 Å². The molecule has 1 aromatic heterocycles. The summed E-state index contributed by atoms with van der Waals surface area (Å²) in [5.74, 6) is -1.19. The van der Waals surface area contributed by atoms with Gasteiger partial charge in [0.05, 0.1) is 16.0 Å². The van der Waals surface area contributed by atoms with E-state index in [4.69, 9.17) is 4.74 Å². The van der Waals surface area contributed by atoms with E-state index in [-0.39, 0.29) is 4.90 Å². The minimum atomic E-state index is -3.67. The van der Waals surface area contributed by atoms with Gasteiger partial charge in [0.1, 0.15) is 0 Å². The van der Waals surface area contributed by atoms with Crippen molar-refractivity contribution in [3.05, 3.63) is 65.4 Å². The van der Waals surface area contributed by atoms with Crippen LogP contribution in [0.5, 0.6) is 0 Å². The number of amides is 1. The van der Waals surface area contributed by atoms with E-state index in [0.717, 1.165) is 25.7 Å². The molecule has 1 aliphatic heterocycles. The average Bonchev–Trinajstić information content (AvgIpc) is 3.13. The molecule has 35 heavy (non-hydrogen) atoms. The Kier molecular flexibility index (Phi) is 7.47. The zero-order chi connectivity index (χ0) is 25.0. The summed E-state index contributed by atoms with van der Waals surface area (Å²) in [5.41, 5.74) is 2.61. The topological polar surface area (TPSA) is 106 Å². The number of hydrogen-bond acceptors (Lipinski definition) is 6. The third-order valence-electron chi connectivity index (χ3n) is 6.05. The van der Waals surface area contributed by atoms with Crippen molar-refractivity contribution >= 4 is 38.5 Å². The number of pyridine rings is 1. The molecule has 0 radical (unpaired) electrons. The molecule has 0 bridgehead atoms. The molecule has 2 heterocycles. The number of carbonyl (C=O) groups is 2. The third kappa shape index (κ3) is 5.68. The molecule has 1 fully saturated rings. The number of benzene rings is 2. The maximum Gasteiger partial charge on any atom is 0.339 e. The van der Waals surface area contributed by atoms with Crippen molar-refractivity contribution in [2.24, 2.45) is 0 Å². The quantitative estimate of drug-likeness (QED) is 0.514. The molecule has 0 atom stereocenters. The van der Waals surface area contributed by atoms with Crippen molar-refractivity contribution < 1.29 is 22.7 Å². The van der Waals surface area contributed by atoms with Crippen LogP contribution in [0.4, 0.5) is 5.69 Å². The monoisotopic (exact) mass is 495 g/mol. The number of ether oxygens (including phenoxy) is 1. The predicted molar refractivity (Wildman–Crippen MR) is 134 cm³/mol. The van der Waals surface area contributed by atoms with Gasteiger partial charge in [-0.25, -0.2) is 13.2 Å². The van der Waals surface area contributed by atoms with Crippen molar-refractivity contribution in [1.82, 2.24) is 9.29 Å². The molecule has 184 valence electrons. The van der Waals surface area contributed by atoms with Gasteiger partial charge in [0.2, 0.25) is 10.0 Å². The summed E-state index contributed by atoms with van der Waals surface area (Å²) in [4.78, 5) is 29.8. The maximum atomic E-state index is 13.2. The van der Waals surface area contributed by atoms with Crippen molar-refractivity contribution in [1.29, 1.82) is 0 Å². The van der Waals surface area contributed by atoms with Gasteiger partial charge in [-0.1, -0.05) is 37.1 Å². The highest BCUT2D eigenvalue weighted by Gasteiger charge is 2.27. The molecule has 4 rings (SSSR count). The van der Waals surface area contributed by atoms with Gasteiger partial charge < -0.3 is 10.1 Å². The van der Waals surface area contributed by atoms with Gasteiger partial charge in [-0.05, 0) is 56.5 Å². The number of nitrogens with zero attached hydrogens (tertiary/aromatic N) is 2. The maximum absolute atomic E-state index is 13.2. The molecular weight excluding hydrogens is 466 g/mol. The Morgan fingerprint density at radius 2 is 1.71 bits per heavy atom. The van der Waals surface area contributed by atoms with E-state index < -0.39 is 28.5 Å². The Hall–Kier alpha value is -3.30. The number of sulfonamides is 1. The lowest BCUT2D eigenvalue weighted by atomic mass is 10.1. The lowest BCUT2D eigenvalue weighted by molar-refractivity contribution is -0.119. The van der Waals surface area contributed by atoms with E-state index in [1.807, 2.05) is 6.07 Å². The first kappa shape index (κ1) is 24.8. The Balaban J connectivity index is 1.45. The molecule has 2 aromatic carbocycles. The highest BCUT2D eigenvalue weighted by atomic mass is 32.2. The summed E-state index contributed by atoms with van der Waals surface area (Å²) in [6, 6.07) is 13.6. The number of aryl methyl sites for hydroxylation is 2. The van der Waals surface area contributed by atoms with Crippen LogP contribution < -0.4 is 5.32 Å². The molecule has 9 heteroatoms. The third-order valence-corrected chi connectivity index (χ3v) is 8.09. The second-order valence-corrected chi connectivity index (χ2v) is 10.7. The van der Waals surface area contributed by atoms with Gasteiger partial charge in [0.15, 0.2) is 6.61 Å². The molecule has 0 saturated carbocycles. The van der Waals surface area contributed by atoms with Crippen molar-refractivity contribution in [3.63, 3.8) is 0 Å².